The molecule has 0 aliphatic rings. The standard InChI is InChI=1S/C24H30Cl2N2O2S/c1-16-8-6-7-9-19(16)14-31-15-22(29)28(17(2)23(30)27-24(3,4)5)13-18-10-11-20(25)21(26)12-18/h6-12,17H,13-15H2,1-5H3,(H,27,30)/t17-/m1/s1. The van der Waals surface area contributed by atoms with Crippen LogP contribution in [0.25, 0.3) is 0 Å². The molecular formula is C24H30Cl2N2O2S. The Morgan fingerprint density at radius 2 is 1.77 bits per heavy atom. The maximum absolute atomic E-state index is 13.2. The number of carbonyl (C=O) groups excluding carboxylic acids is 2. The molecule has 0 bridgehead atoms. The number of nitrogens with one attached hydrogen (secondary N) is 1. The SMILES string of the molecule is Cc1ccccc1CSCC(=O)N(Cc1ccc(Cl)c(Cl)c1)[C@H](C)C(=O)NC(C)(C)C. The molecule has 0 aromatic heterocycles. The van der Waals surface area contributed by atoms with Gasteiger partial charge in [-0.1, -0.05) is 53.5 Å². The molecule has 0 saturated carbocycles. The summed E-state index contributed by atoms with van der Waals surface area (Å²) in [5.74, 6) is 0.732. The molecule has 4 nitrogen and oxygen atoms in total. The Balaban J connectivity index is 2.14. The van der Waals surface area contributed by atoms with E-state index in [0.29, 0.717) is 10.0 Å². The van der Waals surface area contributed by atoms with Crippen LogP contribution in [-0.4, -0.2) is 34.0 Å². The summed E-state index contributed by atoms with van der Waals surface area (Å²) in [6, 6.07) is 12.8. The van der Waals surface area contributed by atoms with Gasteiger partial charge in [-0.3, -0.25) is 9.59 Å². The molecule has 31 heavy (non-hydrogen) atoms. The lowest BCUT2D eigenvalue weighted by Gasteiger charge is -2.31. The van der Waals surface area contributed by atoms with E-state index in [1.54, 1.807) is 35.7 Å². The zero-order valence-electron chi connectivity index (χ0n) is 18.7. The highest BCUT2D eigenvalue weighted by molar-refractivity contribution is 7.99. The van der Waals surface area contributed by atoms with E-state index in [9.17, 15) is 9.59 Å². The zero-order valence-corrected chi connectivity index (χ0v) is 21.0. The normalized spacial score (nSPS) is 12.4. The van der Waals surface area contributed by atoms with Crippen LogP contribution in [0.4, 0.5) is 0 Å². The summed E-state index contributed by atoms with van der Waals surface area (Å²) in [6.45, 7) is 9.84. The topological polar surface area (TPSA) is 49.4 Å². The molecule has 2 amide bonds. The molecule has 0 radical (unpaired) electrons. The fourth-order valence-electron chi connectivity index (χ4n) is 2.99. The quantitative estimate of drug-likeness (QED) is 0.513. The monoisotopic (exact) mass is 480 g/mol. The van der Waals surface area contributed by atoms with Gasteiger partial charge in [0, 0.05) is 17.8 Å². The molecular weight excluding hydrogens is 451 g/mol. The number of amides is 2. The number of nitrogens with zero attached hydrogens (tertiary/aromatic N) is 1. The van der Waals surface area contributed by atoms with Gasteiger partial charge in [0.1, 0.15) is 6.04 Å². The zero-order chi connectivity index (χ0) is 23.2. The molecule has 0 unspecified atom stereocenters. The summed E-state index contributed by atoms with van der Waals surface area (Å²) in [4.78, 5) is 27.6. The molecule has 0 spiro atoms. The van der Waals surface area contributed by atoms with Crippen molar-refractivity contribution in [1.29, 1.82) is 0 Å². The highest BCUT2D eigenvalue weighted by Crippen LogP contribution is 2.24. The van der Waals surface area contributed by atoms with E-state index in [2.05, 4.69) is 24.4 Å². The van der Waals surface area contributed by atoms with Crippen molar-refractivity contribution in [3.63, 3.8) is 0 Å². The van der Waals surface area contributed by atoms with Crippen molar-refractivity contribution in [3.05, 3.63) is 69.2 Å². The summed E-state index contributed by atoms with van der Waals surface area (Å²) in [6.07, 6.45) is 0. The number of carbonyl (C=O) groups is 2. The number of rotatable bonds is 8. The number of aryl methyl sites for hydroxylation is 1. The van der Waals surface area contributed by atoms with Crippen LogP contribution in [0.2, 0.25) is 10.0 Å². The van der Waals surface area contributed by atoms with E-state index in [0.717, 1.165) is 11.3 Å². The number of hydrogen-bond donors (Lipinski definition) is 1. The van der Waals surface area contributed by atoms with Crippen LogP contribution in [0.1, 0.15) is 44.4 Å². The molecule has 168 valence electrons. The van der Waals surface area contributed by atoms with E-state index in [1.807, 2.05) is 39.0 Å². The molecule has 0 heterocycles. The lowest BCUT2D eigenvalue weighted by atomic mass is 10.1. The maximum Gasteiger partial charge on any atom is 0.242 e. The van der Waals surface area contributed by atoms with E-state index < -0.39 is 6.04 Å². The first-order valence-corrected chi connectivity index (χ1v) is 12.1. The minimum atomic E-state index is -0.625. The van der Waals surface area contributed by atoms with Gasteiger partial charge in [-0.05, 0) is 63.4 Å². The number of thioether (sulfide) groups is 1. The molecule has 0 fully saturated rings. The molecule has 2 aromatic carbocycles. The predicted octanol–water partition coefficient (Wildman–Crippen LogP) is 5.87. The second-order valence-corrected chi connectivity index (χ2v) is 10.4. The van der Waals surface area contributed by atoms with Gasteiger partial charge in [-0.15, -0.1) is 11.8 Å². The van der Waals surface area contributed by atoms with E-state index in [1.165, 1.54) is 11.1 Å². The molecule has 0 aliphatic carbocycles. The van der Waals surface area contributed by atoms with Gasteiger partial charge in [-0.25, -0.2) is 0 Å². The molecule has 1 atom stereocenters. The molecule has 2 rings (SSSR count). The van der Waals surface area contributed by atoms with Crippen LogP contribution in [0, 0.1) is 6.92 Å². The second kappa shape index (κ2) is 11.3. The molecule has 1 N–H and O–H groups in total. The lowest BCUT2D eigenvalue weighted by molar-refractivity contribution is -0.139. The van der Waals surface area contributed by atoms with Crippen LogP contribution in [0.15, 0.2) is 42.5 Å². The first-order valence-electron chi connectivity index (χ1n) is 10.2. The Labute approximate surface area is 199 Å². The van der Waals surface area contributed by atoms with E-state index >= 15 is 0 Å². The van der Waals surface area contributed by atoms with Crippen LogP contribution >= 0.6 is 35.0 Å². The van der Waals surface area contributed by atoms with Gasteiger partial charge >= 0.3 is 0 Å². The number of benzene rings is 2. The van der Waals surface area contributed by atoms with Gasteiger partial charge in [0.15, 0.2) is 0 Å². The first kappa shape index (κ1) is 25.6. The summed E-state index contributed by atoms with van der Waals surface area (Å²) >= 11 is 13.7. The van der Waals surface area contributed by atoms with Gasteiger partial charge in [0.25, 0.3) is 0 Å². The predicted molar refractivity (Wildman–Crippen MR) is 132 cm³/mol. The van der Waals surface area contributed by atoms with Crippen molar-refractivity contribution >= 4 is 46.8 Å². The minimum absolute atomic E-state index is 0.0961. The summed E-state index contributed by atoms with van der Waals surface area (Å²) in [5, 5.41) is 3.84. The Hall–Kier alpha value is -1.69. The van der Waals surface area contributed by atoms with Crippen molar-refractivity contribution in [2.75, 3.05) is 5.75 Å². The Bertz CT molecular complexity index is 928. The third-order valence-corrected chi connectivity index (χ3v) is 6.45. The molecule has 0 aliphatic heterocycles. The average Bonchev–Trinajstić information content (AvgIpc) is 2.68. The maximum atomic E-state index is 13.2. The highest BCUT2D eigenvalue weighted by Gasteiger charge is 2.28. The fraction of sp³-hybridized carbons (Fsp3) is 0.417. The van der Waals surface area contributed by atoms with Crippen molar-refractivity contribution in [2.24, 2.45) is 0 Å². The van der Waals surface area contributed by atoms with Gasteiger partial charge in [-0.2, -0.15) is 0 Å². The molecule has 2 aromatic rings. The molecule has 0 saturated heterocycles. The summed E-state index contributed by atoms with van der Waals surface area (Å²) in [7, 11) is 0. The van der Waals surface area contributed by atoms with Crippen molar-refractivity contribution in [1.82, 2.24) is 10.2 Å². The number of halogens is 2. The van der Waals surface area contributed by atoms with E-state index in [-0.39, 0.29) is 29.7 Å². The van der Waals surface area contributed by atoms with Gasteiger partial charge in [0.2, 0.25) is 11.8 Å². The summed E-state index contributed by atoms with van der Waals surface area (Å²) < 4.78 is 0. The van der Waals surface area contributed by atoms with Crippen molar-refractivity contribution in [3.8, 4) is 0 Å². The van der Waals surface area contributed by atoms with Gasteiger partial charge < -0.3 is 10.2 Å². The van der Waals surface area contributed by atoms with Crippen LogP contribution < -0.4 is 5.32 Å². The van der Waals surface area contributed by atoms with Gasteiger partial charge in [0.05, 0.1) is 15.8 Å². The Kier molecular flexibility index (Phi) is 9.28. The lowest BCUT2D eigenvalue weighted by Crippen LogP contribution is -2.52. The largest absolute Gasteiger partial charge is 0.350 e. The summed E-state index contributed by atoms with van der Waals surface area (Å²) in [5.41, 5.74) is 2.84. The van der Waals surface area contributed by atoms with Crippen LogP contribution in [0.3, 0.4) is 0 Å². The minimum Gasteiger partial charge on any atom is -0.350 e. The molecule has 7 heteroatoms. The fourth-order valence-corrected chi connectivity index (χ4v) is 4.30. The number of hydrogen-bond acceptors (Lipinski definition) is 3. The van der Waals surface area contributed by atoms with Crippen molar-refractivity contribution in [2.45, 2.75) is 58.5 Å². The smallest absolute Gasteiger partial charge is 0.242 e. The highest BCUT2D eigenvalue weighted by atomic mass is 35.5. The Morgan fingerprint density at radius 1 is 1.10 bits per heavy atom. The van der Waals surface area contributed by atoms with Crippen LogP contribution in [0.5, 0.6) is 0 Å². The average molecular weight is 481 g/mol. The van der Waals surface area contributed by atoms with Crippen LogP contribution in [-0.2, 0) is 21.9 Å². The third kappa shape index (κ3) is 8.06. The first-order chi connectivity index (χ1) is 14.5. The Morgan fingerprint density at radius 3 is 2.39 bits per heavy atom. The second-order valence-electron chi connectivity index (χ2n) is 8.60. The van der Waals surface area contributed by atoms with E-state index in [4.69, 9.17) is 23.2 Å². The van der Waals surface area contributed by atoms with Crippen molar-refractivity contribution < 1.29 is 9.59 Å². The third-order valence-electron chi connectivity index (χ3n) is 4.75.